The number of rotatable bonds is 3. The molecule has 1 aromatic carbocycles. The second-order valence-electron chi connectivity index (χ2n) is 5.50. The topological polar surface area (TPSA) is 124 Å². The van der Waals surface area contributed by atoms with E-state index < -0.39 is 30.0 Å². The summed E-state index contributed by atoms with van der Waals surface area (Å²) >= 11 is 0. The first-order valence-electron chi connectivity index (χ1n) is 7.13. The predicted molar refractivity (Wildman–Crippen MR) is 94.4 cm³/mol. The van der Waals surface area contributed by atoms with Gasteiger partial charge in [-0.05, 0) is 44.2 Å². The summed E-state index contributed by atoms with van der Waals surface area (Å²) < 4.78 is 66.3. The molecule has 0 atom stereocenters. The van der Waals surface area contributed by atoms with Gasteiger partial charge in [0.25, 0.3) is 10.1 Å². The second-order valence-corrected chi connectivity index (χ2v) is 8.30. The van der Waals surface area contributed by atoms with Crippen LogP contribution in [-0.4, -0.2) is 25.9 Å². The zero-order chi connectivity index (χ0) is 20.6. The molecule has 0 fully saturated rings. The predicted octanol–water partition coefficient (Wildman–Crippen LogP) is -0.481. The van der Waals surface area contributed by atoms with Crippen LogP contribution in [0.25, 0.3) is 9.69 Å². The van der Waals surface area contributed by atoms with Crippen LogP contribution in [-0.2, 0) is 20.2 Å². The van der Waals surface area contributed by atoms with Crippen molar-refractivity contribution in [2.24, 2.45) is 0 Å². The van der Waals surface area contributed by atoms with Gasteiger partial charge in [0.1, 0.15) is 23.3 Å². The van der Waals surface area contributed by atoms with Crippen molar-refractivity contribution >= 4 is 25.9 Å². The van der Waals surface area contributed by atoms with E-state index >= 15 is 0 Å². The van der Waals surface area contributed by atoms with Gasteiger partial charge in [0, 0.05) is 17.1 Å². The number of nitrogens with zero attached hydrogens (tertiary/aromatic N) is 3. The first kappa shape index (κ1) is 24.7. The molecule has 1 aromatic rings. The summed E-state index contributed by atoms with van der Waals surface area (Å²) in [5.41, 5.74) is 1.23. The monoisotopic (exact) mass is 445 g/mol. The molecule has 0 amide bonds. The van der Waals surface area contributed by atoms with Crippen molar-refractivity contribution in [1.82, 2.24) is 0 Å². The molecule has 0 radical (unpaired) electrons. The largest absolute Gasteiger partial charge is 1.00 e. The van der Waals surface area contributed by atoms with Crippen molar-refractivity contribution in [3.63, 3.8) is 0 Å². The maximum absolute atomic E-state index is 11.5. The Bertz CT molecular complexity index is 1130. The molecule has 12 heteroatoms. The van der Waals surface area contributed by atoms with E-state index in [1.165, 1.54) is 17.1 Å². The van der Waals surface area contributed by atoms with Gasteiger partial charge in [-0.15, -0.1) is 0 Å². The molecule has 9 nitrogen and oxygen atoms in total. The molecule has 1 heterocycles. The summed E-state index contributed by atoms with van der Waals surface area (Å²) in [5.74, 6) is -0.164. The first-order valence-corrected chi connectivity index (χ1v) is 9.97. The van der Waals surface area contributed by atoms with Crippen molar-refractivity contribution < 1.29 is 77.3 Å². The molecule has 0 aromatic heterocycles. The number of hydrogen-bond acceptors (Lipinski definition) is 6. The van der Waals surface area contributed by atoms with Crippen LogP contribution in [0.4, 0.5) is 5.69 Å². The number of allylic oxidation sites excluding steroid dienone is 5. The van der Waals surface area contributed by atoms with Crippen LogP contribution in [0, 0.1) is 13.1 Å². The molecule has 0 unspecified atom stereocenters. The maximum Gasteiger partial charge on any atom is 1.00 e. The Hall–Kier alpha value is -1.32. The molecule has 0 saturated carbocycles. The Balaban J connectivity index is 0.00000392. The smallest absolute Gasteiger partial charge is 0.744 e. The second kappa shape index (κ2) is 9.00. The van der Waals surface area contributed by atoms with E-state index in [2.05, 4.69) is 9.69 Å². The molecule has 0 saturated heterocycles. The molecule has 0 bridgehead atoms. The van der Waals surface area contributed by atoms with Crippen molar-refractivity contribution in [1.29, 1.82) is 0 Å². The summed E-state index contributed by atoms with van der Waals surface area (Å²) in [7, 11) is -9.77. The summed E-state index contributed by atoms with van der Waals surface area (Å²) in [6, 6.07) is 2.56. The van der Waals surface area contributed by atoms with Crippen LogP contribution in [0.15, 0.2) is 62.9 Å². The molecule has 2 rings (SSSR count). The zero-order valence-electron chi connectivity index (χ0n) is 15.0. The van der Waals surface area contributed by atoms with Crippen molar-refractivity contribution in [3.8, 4) is 0 Å². The third-order valence-electron chi connectivity index (χ3n) is 3.61. The first-order chi connectivity index (χ1) is 12.4. The van der Waals surface area contributed by atoms with Gasteiger partial charge >= 0.3 is 57.2 Å². The molecule has 1 aliphatic heterocycles. The molecular weight excluding hydrogens is 433 g/mol. The maximum atomic E-state index is 11.5. The van der Waals surface area contributed by atoms with Crippen LogP contribution in [0.2, 0.25) is 0 Å². The van der Waals surface area contributed by atoms with Gasteiger partial charge in [-0.1, -0.05) is 0 Å². The normalized spacial score (nSPS) is 14.2. The van der Waals surface area contributed by atoms with Gasteiger partial charge in [0.05, 0.1) is 15.4 Å². The fraction of sp³-hybridized carbons (Fsp3) is 0.125. The van der Waals surface area contributed by atoms with Crippen LogP contribution in [0.5, 0.6) is 0 Å². The summed E-state index contributed by atoms with van der Waals surface area (Å²) in [5, 5.41) is 0. The summed E-state index contributed by atoms with van der Waals surface area (Å²) in [4.78, 5) is 6.11. The Kier molecular flexibility index (Phi) is 7.95. The van der Waals surface area contributed by atoms with Crippen LogP contribution in [0.1, 0.15) is 13.8 Å². The Morgan fingerprint density at radius 2 is 1.46 bits per heavy atom. The van der Waals surface area contributed by atoms with E-state index in [1.54, 1.807) is 13.8 Å². The van der Waals surface area contributed by atoms with E-state index in [-0.39, 0.29) is 62.9 Å². The van der Waals surface area contributed by atoms with Gasteiger partial charge in [0.15, 0.2) is 0 Å². The van der Waals surface area contributed by atoms with Crippen LogP contribution >= 0.6 is 0 Å². The van der Waals surface area contributed by atoms with E-state index in [4.69, 9.17) is 13.1 Å². The van der Waals surface area contributed by atoms with Crippen molar-refractivity contribution in [2.75, 3.05) is 4.90 Å². The fourth-order valence-corrected chi connectivity index (χ4v) is 3.73. The molecule has 1 N–H and O–H groups in total. The average Bonchev–Trinajstić information content (AvgIpc) is 2.53. The average molecular weight is 446 g/mol. The van der Waals surface area contributed by atoms with Gasteiger partial charge in [-0.2, -0.15) is 18.1 Å². The Labute approximate surface area is 205 Å². The van der Waals surface area contributed by atoms with Crippen molar-refractivity contribution in [3.05, 3.63) is 76.0 Å². The number of hydrogen-bond donors (Lipinski definition) is 1. The van der Waals surface area contributed by atoms with Gasteiger partial charge in [-0.3, -0.25) is 4.55 Å². The quantitative estimate of drug-likeness (QED) is 0.379. The third-order valence-corrected chi connectivity index (χ3v) is 5.26. The summed E-state index contributed by atoms with van der Waals surface area (Å²) in [6.45, 7) is 17.2. The minimum atomic E-state index is -4.99. The van der Waals surface area contributed by atoms with Gasteiger partial charge in [-0.25, -0.2) is 8.42 Å². The molecule has 1 aliphatic rings. The van der Waals surface area contributed by atoms with E-state index in [1.807, 2.05) is 0 Å². The SMILES string of the molecule is [C-]#[N+]C([N+]#[C-])=C1C=C(C)N(c2cc(S(=O)(=O)[O-])cc(S(=O)(=O)O)c2)C(C)=C1.[K+]. The standard InChI is InChI=1S/C16H13N3O6S2.K/c1-10-5-12(16(17-3)18-4)6-11(2)19(10)13-7-14(26(20,21)22)9-15(8-13)27(23,24)25;/h5-9H,1-2H3,(H,20,21,22)(H,23,24,25);/q;+1/p-1. The summed E-state index contributed by atoms with van der Waals surface area (Å²) in [6.07, 6.45) is 2.98. The van der Waals surface area contributed by atoms with Gasteiger partial charge < -0.3 is 9.45 Å². The number of anilines is 1. The third kappa shape index (κ3) is 5.39. The zero-order valence-corrected chi connectivity index (χ0v) is 19.8. The van der Waals surface area contributed by atoms with Crippen LogP contribution in [0.3, 0.4) is 0 Å². The minimum Gasteiger partial charge on any atom is -0.744 e. The van der Waals surface area contributed by atoms with E-state index in [0.29, 0.717) is 23.0 Å². The van der Waals surface area contributed by atoms with E-state index in [9.17, 15) is 25.9 Å². The van der Waals surface area contributed by atoms with Crippen LogP contribution < -0.4 is 56.3 Å². The molecule has 0 aliphatic carbocycles. The van der Waals surface area contributed by atoms with E-state index in [0.717, 1.165) is 12.1 Å². The Morgan fingerprint density at radius 3 is 1.86 bits per heavy atom. The molecule has 140 valence electrons. The van der Waals surface area contributed by atoms with Crippen molar-refractivity contribution in [2.45, 2.75) is 23.6 Å². The van der Waals surface area contributed by atoms with Gasteiger partial charge in [0.2, 0.25) is 0 Å². The molecule has 0 spiro atoms. The molecule has 28 heavy (non-hydrogen) atoms. The molecular formula is C16H12KN3O6S2. The Morgan fingerprint density at radius 1 is 1.00 bits per heavy atom. The number of benzene rings is 1. The minimum absolute atomic E-state index is 0. The fourth-order valence-electron chi connectivity index (χ4n) is 2.57.